The summed E-state index contributed by atoms with van der Waals surface area (Å²) in [5.41, 5.74) is 2.63. The second-order valence-corrected chi connectivity index (χ2v) is 8.98. The van der Waals surface area contributed by atoms with Gasteiger partial charge in [-0.25, -0.2) is 0 Å². The molecule has 0 aliphatic carbocycles. The fraction of sp³-hybridized carbons (Fsp3) is 0.241. The molecule has 3 aromatic rings. The number of nitrogens with zero attached hydrogens (tertiary/aromatic N) is 1. The summed E-state index contributed by atoms with van der Waals surface area (Å²) in [4.78, 5) is 51.4. The van der Waals surface area contributed by atoms with Crippen molar-refractivity contribution in [2.75, 3.05) is 11.9 Å². The summed E-state index contributed by atoms with van der Waals surface area (Å²) in [6.07, 6.45) is 0.167. The van der Waals surface area contributed by atoms with Gasteiger partial charge in [0.15, 0.2) is 0 Å². The molecule has 8 nitrogen and oxygen atoms in total. The van der Waals surface area contributed by atoms with E-state index in [9.17, 15) is 19.2 Å². The number of anilines is 1. The van der Waals surface area contributed by atoms with Crippen molar-refractivity contribution >= 4 is 29.4 Å². The van der Waals surface area contributed by atoms with Gasteiger partial charge in [-0.15, -0.1) is 0 Å². The molecular formula is C29H29N3O5. The topological polar surface area (TPSA) is 105 Å². The van der Waals surface area contributed by atoms with Crippen molar-refractivity contribution in [3.63, 3.8) is 0 Å². The van der Waals surface area contributed by atoms with Crippen molar-refractivity contribution in [3.8, 4) is 5.75 Å². The molecule has 1 fully saturated rings. The van der Waals surface area contributed by atoms with Gasteiger partial charge in [-0.1, -0.05) is 54.6 Å². The Morgan fingerprint density at radius 1 is 1.00 bits per heavy atom. The molecule has 37 heavy (non-hydrogen) atoms. The lowest BCUT2D eigenvalue weighted by Crippen LogP contribution is -2.33. The average Bonchev–Trinajstić information content (AvgIpc) is 3.29. The van der Waals surface area contributed by atoms with E-state index in [1.807, 2.05) is 49.4 Å². The monoisotopic (exact) mass is 499 g/mol. The Kier molecular flexibility index (Phi) is 7.98. The summed E-state index contributed by atoms with van der Waals surface area (Å²) in [5, 5.41) is 5.77. The molecule has 2 N–H and O–H groups in total. The highest BCUT2D eigenvalue weighted by Crippen LogP contribution is 2.28. The molecule has 2 unspecified atom stereocenters. The Morgan fingerprint density at radius 3 is 2.49 bits per heavy atom. The summed E-state index contributed by atoms with van der Waals surface area (Å²) in [7, 11) is 0. The quantitative estimate of drug-likeness (QED) is 0.359. The smallest absolute Gasteiger partial charge is 0.308 e. The van der Waals surface area contributed by atoms with Crippen molar-refractivity contribution < 1.29 is 23.9 Å². The highest BCUT2D eigenvalue weighted by molar-refractivity contribution is 6.05. The molecule has 0 saturated carbocycles. The molecule has 3 amide bonds. The van der Waals surface area contributed by atoms with Crippen LogP contribution in [-0.2, 0) is 20.9 Å². The van der Waals surface area contributed by atoms with Gasteiger partial charge in [-0.05, 0) is 42.3 Å². The molecule has 8 heteroatoms. The normalized spacial score (nSPS) is 15.7. The van der Waals surface area contributed by atoms with Crippen molar-refractivity contribution in [2.24, 2.45) is 5.92 Å². The molecule has 0 aromatic heterocycles. The summed E-state index contributed by atoms with van der Waals surface area (Å²) >= 11 is 0. The number of hydrogen-bond acceptors (Lipinski definition) is 5. The molecule has 3 aromatic carbocycles. The largest absolute Gasteiger partial charge is 0.427 e. The Morgan fingerprint density at radius 2 is 1.73 bits per heavy atom. The van der Waals surface area contributed by atoms with Crippen LogP contribution < -0.4 is 15.4 Å². The third-order valence-electron chi connectivity index (χ3n) is 6.36. The molecule has 4 rings (SSSR count). The number of amides is 3. The third kappa shape index (κ3) is 6.41. The Bertz CT molecular complexity index is 1310. The minimum atomic E-state index is -0.472. The van der Waals surface area contributed by atoms with Crippen LogP contribution in [0.3, 0.4) is 0 Å². The zero-order chi connectivity index (χ0) is 26.4. The second-order valence-electron chi connectivity index (χ2n) is 8.98. The maximum Gasteiger partial charge on any atom is 0.308 e. The molecule has 1 aliphatic heterocycles. The standard InChI is InChI=1S/C29H29N3O5/c1-19(21-9-4-3-5-10-21)32-18-24(16-27(32)34)28(35)30-17-23-11-6-7-14-26(23)31-29(36)22-12-8-13-25(15-22)37-20(2)33/h3-15,19,24H,16-18H2,1-2H3,(H,30,35)(H,31,36). The van der Waals surface area contributed by atoms with Crippen molar-refractivity contribution in [1.29, 1.82) is 0 Å². The molecule has 2 atom stereocenters. The van der Waals surface area contributed by atoms with Gasteiger partial charge in [-0.3, -0.25) is 19.2 Å². The molecule has 1 heterocycles. The van der Waals surface area contributed by atoms with Gasteiger partial charge in [-0.2, -0.15) is 0 Å². The minimum absolute atomic E-state index is 0.0415. The number of hydrogen-bond donors (Lipinski definition) is 2. The first-order valence-electron chi connectivity index (χ1n) is 12.1. The van der Waals surface area contributed by atoms with Gasteiger partial charge in [0.1, 0.15) is 5.75 Å². The van der Waals surface area contributed by atoms with Gasteiger partial charge in [0.05, 0.1) is 12.0 Å². The number of likely N-dealkylation sites (tertiary alicyclic amines) is 1. The van der Waals surface area contributed by atoms with E-state index < -0.39 is 11.9 Å². The highest BCUT2D eigenvalue weighted by Gasteiger charge is 2.36. The first kappa shape index (κ1) is 25.6. The molecule has 190 valence electrons. The van der Waals surface area contributed by atoms with E-state index in [2.05, 4.69) is 10.6 Å². The third-order valence-corrected chi connectivity index (χ3v) is 6.36. The van der Waals surface area contributed by atoms with E-state index in [4.69, 9.17) is 4.74 Å². The van der Waals surface area contributed by atoms with Crippen molar-refractivity contribution in [1.82, 2.24) is 10.2 Å². The molecule has 1 aliphatic rings. The fourth-order valence-electron chi connectivity index (χ4n) is 4.38. The van der Waals surface area contributed by atoms with E-state index in [0.29, 0.717) is 17.8 Å². The van der Waals surface area contributed by atoms with Gasteiger partial charge < -0.3 is 20.3 Å². The van der Waals surface area contributed by atoms with E-state index in [-0.39, 0.29) is 42.5 Å². The maximum atomic E-state index is 12.9. The first-order valence-corrected chi connectivity index (χ1v) is 12.1. The summed E-state index contributed by atoms with van der Waals surface area (Å²) in [6, 6.07) is 23.1. The van der Waals surface area contributed by atoms with Gasteiger partial charge in [0.2, 0.25) is 11.8 Å². The minimum Gasteiger partial charge on any atom is -0.427 e. The first-order chi connectivity index (χ1) is 17.8. The predicted octanol–water partition coefficient (Wildman–Crippen LogP) is 4.09. The van der Waals surface area contributed by atoms with Crippen LogP contribution >= 0.6 is 0 Å². The van der Waals surface area contributed by atoms with Crippen molar-refractivity contribution in [3.05, 3.63) is 95.6 Å². The summed E-state index contributed by atoms with van der Waals surface area (Å²) < 4.78 is 5.05. The molecular weight excluding hydrogens is 470 g/mol. The van der Waals surface area contributed by atoms with Crippen molar-refractivity contribution in [2.45, 2.75) is 32.9 Å². The Labute approximate surface area is 215 Å². The lowest BCUT2D eigenvalue weighted by molar-refractivity contribution is -0.132. The van der Waals surface area contributed by atoms with E-state index >= 15 is 0 Å². The SMILES string of the molecule is CC(=O)Oc1cccc(C(=O)Nc2ccccc2CNC(=O)C2CC(=O)N(C(C)c3ccccc3)C2)c1. The highest BCUT2D eigenvalue weighted by atomic mass is 16.5. The summed E-state index contributed by atoms with van der Waals surface area (Å²) in [5.74, 6) is -1.25. The number of carbonyl (C=O) groups excluding carboxylic acids is 4. The molecule has 1 saturated heterocycles. The molecule has 0 bridgehead atoms. The van der Waals surface area contributed by atoms with E-state index in [1.165, 1.54) is 13.0 Å². The van der Waals surface area contributed by atoms with Crippen LogP contribution in [0.2, 0.25) is 0 Å². The summed E-state index contributed by atoms with van der Waals surface area (Å²) in [6.45, 7) is 3.81. The van der Waals surface area contributed by atoms with E-state index in [1.54, 1.807) is 35.2 Å². The van der Waals surface area contributed by atoms with Crippen LogP contribution in [-0.4, -0.2) is 35.1 Å². The number of carbonyl (C=O) groups is 4. The number of nitrogens with one attached hydrogen (secondary N) is 2. The number of para-hydroxylation sites is 1. The van der Waals surface area contributed by atoms with Crippen LogP contribution in [0.15, 0.2) is 78.9 Å². The zero-order valence-electron chi connectivity index (χ0n) is 20.8. The van der Waals surface area contributed by atoms with Gasteiger partial charge in [0, 0.05) is 37.7 Å². The second kappa shape index (κ2) is 11.5. The molecule has 0 radical (unpaired) electrons. The van der Waals surface area contributed by atoms with Gasteiger partial charge in [0.25, 0.3) is 5.91 Å². The van der Waals surface area contributed by atoms with Crippen LogP contribution in [0, 0.1) is 5.92 Å². The average molecular weight is 500 g/mol. The van der Waals surface area contributed by atoms with Gasteiger partial charge >= 0.3 is 5.97 Å². The lowest BCUT2D eigenvalue weighted by Gasteiger charge is -2.25. The fourth-order valence-corrected chi connectivity index (χ4v) is 4.38. The zero-order valence-corrected chi connectivity index (χ0v) is 20.8. The van der Waals surface area contributed by atoms with Crippen LogP contribution in [0.4, 0.5) is 5.69 Å². The molecule has 0 spiro atoms. The van der Waals surface area contributed by atoms with Crippen LogP contribution in [0.5, 0.6) is 5.75 Å². The lowest BCUT2D eigenvalue weighted by atomic mass is 10.1. The Balaban J connectivity index is 1.37. The number of esters is 1. The number of rotatable bonds is 8. The van der Waals surface area contributed by atoms with Crippen LogP contribution in [0.25, 0.3) is 0 Å². The Hall–Kier alpha value is -4.46. The maximum absolute atomic E-state index is 12.9. The van der Waals surface area contributed by atoms with E-state index in [0.717, 1.165) is 11.1 Å². The van der Waals surface area contributed by atoms with Crippen LogP contribution in [0.1, 0.15) is 47.8 Å². The number of ether oxygens (including phenoxy) is 1. The predicted molar refractivity (Wildman–Crippen MR) is 139 cm³/mol. The number of benzene rings is 3.